The molecule has 0 aliphatic carbocycles. The maximum absolute atomic E-state index is 9.81. The average Bonchev–Trinajstić information content (AvgIpc) is 2.01. The second-order valence-electron chi connectivity index (χ2n) is 2.18. The van der Waals surface area contributed by atoms with Crippen molar-refractivity contribution in [1.29, 1.82) is 0 Å². The third-order valence-electron chi connectivity index (χ3n) is 1.23. The topological polar surface area (TPSA) is 37.3 Å². The van der Waals surface area contributed by atoms with Crippen LogP contribution in [0.5, 0.6) is 0 Å². The number of allylic oxidation sites excluding steroid dienone is 1. The Kier molecular flexibility index (Phi) is 6.36. The maximum atomic E-state index is 9.81. The monoisotopic (exact) mass is 152 g/mol. The van der Waals surface area contributed by atoms with Crippen molar-refractivity contribution < 1.29 is 9.90 Å². The molecular formula is C9H12O2. The van der Waals surface area contributed by atoms with Gasteiger partial charge in [-0.1, -0.05) is 6.08 Å². The summed E-state index contributed by atoms with van der Waals surface area (Å²) >= 11 is 0. The van der Waals surface area contributed by atoms with Crippen LogP contribution in [0.4, 0.5) is 0 Å². The SMILES string of the molecule is C#CCCCC(O)/C=C/C=O. The number of aliphatic hydroxyl groups is 1. The molecule has 0 spiro atoms. The number of rotatable bonds is 5. The maximum Gasteiger partial charge on any atom is 0.142 e. The molecule has 1 atom stereocenters. The van der Waals surface area contributed by atoms with E-state index < -0.39 is 6.10 Å². The molecule has 0 radical (unpaired) electrons. The third kappa shape index (κ3) is 6.82. The lowest BCUT2D eigenvalue weighted by atomic mass is 10.1. The zero-order chi connectivity index (χ0) is 8.53. The van der Waals surface area contributed by atoms with E-state index in [4.69, 9.17) is 11.5 Å². The molecule has 0 aromatic carbocycles. The summed E-state index contributed by atoms with van der Waals surface area (Å²) in [6.45, 7) is 0. The molecule has 0 bridgehead atoms. The molecule has 0 heterocycles. The molecule has 0 aromatic heterocycles. The van der Waals surface area contributed by atoms with E-state index in [9.17, 15) is 4.79 Å². The van der Waals surface area contributed by atoms with Gasteiger partial charge in [0.25, 0.3) is 0 Å². The number of unbranched alkanes of at least 4 members (excludes halogenated alkanes) is 1. The van der Waals surface area contributed by atoms with Crippen molar-refractivity contribution in [3.8, 4) is 12.3 Å². The number of hydrogen-bond donors (Lipinski definition) is 1. The summed E-state index contributed by atoms with van der Waals surface area (Å²) < 4.78 is 0. The highest BCUT2D eigenvalue weighted by Gasteiger charge is 1.96. The van der Waals surface area contributed by atoms with E-state index in [1.54, 1.807) is 0 Å². The van der Waals surface area contributed by atoms with Crippen LogP contribution in [0, 0.1) is 12.3 Å². The fourth-order valence-corrected chi connectivity index (χ4v) is 0.683. The van der Waals surface area contributed by atoms with Gasteiger partial charge >= 0.3 is 0 Å². The van der Waals surface area contributed by atoms with Gasteiger partial charge in [0.1, 0.15) is 6.29 Å². The van der Waals surface area contributed by atoms with Gasteiger partial charge < -0.3 is 5.11 Å². The zero-order valence-electron chi connectivity index (χ0n) is 6.36. The Morgan fingerprint density at radius 2 is 2.36 bits per heavy atom. The van der Waals surface area contributed by atoms with Crippen LogP contribution >= 0.6 is 0 Å². The normalized spacial score (nSPS) is 12.7. The molecule has 2 nitrogen and oxygen atoms in total. The molecule has 60 valence electrons. The Labute approximate surface area is 66.9 Å². The van der Waals surface area contributed by atoms with E-state index in [2.05, 4.69) is 5.92 Å². The van der Waals surface area contributed by atoms with E-state index >= 15 is 0 Å². The van der Waals surface area contributed by atoms with Crippen molar-refractivity contribution in [2.75, 3.05) is 0 Å². The number of carbonyl (C=O) groups excluding carboxylic acids is 1. The second-order valence-corrected chi connectivity index (χ2v) is 2.18. The highest BCUT2D eigenvalue weighted by molar-refractivity contribution is 5.64. The van der Waals surface area contributed by atoms with E-state index in [1.165, 1.54) is 12.2 Å². The van der Waals surface area contributed by atoms with E-state index in [1.807, 2.05) is 0 Å². The van der Waals surface area contributed by atoms with Crippen molar-refractivity contribution >= 4 is 6.29 Å². The number of hydrogen-bond acceptors (Lipinski definition) is 2. The fourth-order valence-electron chi connectivity index (χ4n) is 0.683. The average molecular weight is 152 g/mol. The molecule has 0 saturated heterocycles. The molecule has 1 unspecified atom stereocenters. The standard InChI is InChI=1S/C9H12O2/c1-2-3-4-6-9(11)7-5-8-10/h1,5,7-9,11H,3-4,6H2/b7-5+. The molecular weight excluding hydrogens is 140 g/mol. The van der Waals surface area contributed by atoms with Crippen LogP contribution in [0.25, 0.3) is 0 Å². The zero-order valence-corrected chi connectivity index (χ0v) is 6.36. The summed E-state index contributed by atoms with van der Waals surface area (Å²) in [4.78, 5) is 9.81. The van der Waals surface area contributed by atoms with E-state index in [-0.39, 0.29) is 0 Å². The first-order valence-electron chi connectivity index (χ1n) is 3.54. The molecule has 11 heavy (non-hydrogen) atoms. The summed E-state index contributed by atoms with van der Waals surface area (Å²) in [5, 5.41) is 9.09. The molecule has 0 aliphatic rings. The fraction of sp³-hybridized carbons (Fsp3) is 0.444. The molecule has 0 aromatic rings. The molecule has 0 amide bonds. The van der Waals surface area contributed by atoms with Crippen LogP contribution in [-0.2, 0) is 4.79 Å². The van der Waals surface area contributed by atoms with Gasteiger partial charge in [-0.25, -0.2) is 0 Å². The third-order valence-corrected chi connectivity index (χ3v) is 1.23. The van der Waals surface area contributed by atoms with Crippen LogP contribution in [0.3, 0.4) is 0 Å². The van der Waals surface area contributed by atoms with Crippen LogP contribution in [0.2, 0.25) is 0 Å². The molecule has 0 saturated carbocycles. The lowest BCUT2D eigenvalue weighted by Gasteiger charge is -2.00. The van der Waals surface area contributed by atoms with Gasteiger partial charge in [-0.15, -0.1) is 12.3 Å². The Morgan fingerprint density at radius 1 is 1.64 bits per heavy atom. The number of aliphatic hydroxyl groups excluding tert-OH is 1. The van der Waals surface area contributed by atoms with Crippen molar-refractivity contribution in [2.45, 2.75) is 25.4 Å². The lowest BCUT2D eigenvalue weighted by Crippen LogP contribution is -2.00. The molecule has 0 fully saturated rings. The van der Waals surface area contributed by atoms with E-state index in [0.717, 1.165) is 6.42 Å². The van der Waals surface area contributed by atoms with Gasteiger partial charge in [0.05, 0.1) is 6.10 Å². The first kappa shape index (κ1) is 9.93. The lowest BCUT2D eigenvalue weighted by molar-refractivity contribution is -0.104. The number of aldehydes is 1. The summed E-state index contributed by atoms with van der Waals surface area (Å²) in [5.41, 5.74) is 0. The van der Waals surface area contributed by atoms with Gasteiger partial charge in [-0.3, -0.25) is 4.79 Å². The quantitative estimate of drug-likeness (QED) is 0.275. The van der Waals surface area contributed by atoms with Gasteiger partial charge in [0, 0.05) is 6.42 Å². The Bertz CT molecular complexity index is 165. The minimum atomic E-state index is -0.534. The first-order chi connectivity index (χ1) is 5.31. The summed E-state index contributed by atoms with van der Waals surface area (Å²) in [7, 11) is 0. The predicted octanol–water partition coefficient (Wildman–Crippen LogP) is 0.906. The highest BCUT2D eigenvalue weighted by atomic mass is 16.3. The van der Waals surface area contributed by atoms with Crippen molar-refractivity contribution in [3.05, 3.63) is 12.2 Å². The van der Waals surface area contributed by atoms with Gasteiger partial charge in [-0.2, -0.15) is 0 Å². The molecule has 0 aliphatic heterocycles. The van der Waals surface area contributed by atoms with Crippen LogP contribution in [0.1, 0.15) is 19.3 Å². The van der Waals surface area contributed by atoms with Crippen LogP contribution in [-0.4, -0.2) is 17.5 Å². The summed E-state index contributed by atoms with van der Waals surface area (Å²) in [6.07, 6.45) is 9.96. The first-order valence-corrected chi connectivity index (χ1v) is 3.54. The minimum Gasteiger partial charge on any atom is -0.389 e. The van der Waals surface area contributed by atoms with Gasteiger partial charge in [0.2, 0.25) is 0 Å². The van der Waals surface area contributed by atoms with Crippen LogP contribution < -0.4 is 0 Å². The molecule has 0 rings (SSSR count). The number of carbonyl (C=O) groups is 1. The largest absolute Gasteiger partial charge is 0.389 e. The van der Waals surface area contributed by atoms with Crippen molar-refractivity contribution in [3.63, 3.8) is 0 Å². The minimum absolute atomic E-state index is 0.534. The highest BCUT2D eigenvalue weighted by Crippen LogP contribution is 2.00. The summed E-state index contributed by atoms with van der Waals surface area (Å²) in [5.74, 6) is 2.47. The van der Waals surface area contributed by atoms with Gasteiger partial charge in [-0.05, 0) is 18.9 Å². The van der Waals surface area contributed by atoms with Crippen molar-refractivity contribution in [1.82, 2.24) is 0 Å². The number of terminal acetylenes is 1. The molecule has 1 N–H and O–H groups in total. The summed E-state index contributed by atoms with van der Waals surface area (Å²) in [6, 6.07) is 0. The van der Waals surface area contributed by atoms with Crippen molar-refractivity contribution in [2.24, 2.45) is 0 Å². The van der Waals surface area contributed by atoms with Crippen LogP contribution in [0.15, 0.2) is 12.2 Å². The van der Waals surface area contributed by atoms with Gasteiger partial charge in [0.15, 0.2) is 0 Å². The predicted molar refractivity (Wildman–Crippen MR) is 43.9 cm³/mol. The Balaban J connectivity index is 3.37. The second kappa shape index (κ2) is 7.04. The Hall–Kier alpha value is -1.07. The van der Waals surface area contributed by atoms with E-state index in [0.29, 0.717) is 19.1 Å². The Morgan fingerprint density at radius 3 is 2.91 bits per heavy atom. The smallest absolute Gasteiger partial charge is 0.142 e. The molecule has 2 heteroatoms.